The van der Waals surface area contributed by atoms with Crippen molar-refractivity contribution in [2.75, 3.05) is 11.9 Å². The van der Waals surface area contributed by atoms with Crippen LogP contribution >= 0.6 is 15.9 Å². The van der Waals surface area contributed by atoms with E-state index in [0.717, 1.165) is 15.4 Å². The Balaban J connectivity index is 1.67. The first-order valence-corrected chi connectivity index (χ1v) is 8.56. The van der Waals surface area contributed by atoms with E-state index in [2.05, 4.69) is 21.2 Å². The van der Waals surface area contributed by atoms with E-state index < -0.39 is 24.3 Å². The van der Waals surface area contributed by atoms with E-state index in [1.165, 1.54) is 12.1 Å². The van der Waals surface area contributed by atoms with Crippen molar-refractivity contribution in [2.45, 2.75) is 13.8 Å². The molecule has 0 spiro atoms. The smallest absolute Gasteiger partial charge is 0.375 e. The monoisotopic (exact) mass is 419 g/mol. The fourth-order valence-electron chi connectivity index (χ4n) is 2.49. The maximum Gasteiger partial charge on any atom is 0.375 e. The highest BCUT2D eigenvalue weighted by atomic mass is 79.9. The van der Waals surface area contributed by atoms with Gasteiger partial charge in [-0.1, -0.05) is 22.0 Å². The fourth-order valence-corrected chi connectivity index (χ4v) is 2.85. The molecule has 3 rings (SSSR count). The fraction of sp³-hybridized carbons (Fsp3) is 0.158. The largest absolute Gasteiger partial charge is 0.450 e. The lowest BCUT2D eigenvalue weighted by molar-refractivity contribution is -0.119. The normalized spacial score (nSPS) is 10.8. The Morgan fingerprint density at radius 1 is 1.19 bits per heavy atom. The third-order valence-corrected chi connectivity index (χ3v) is 4.31. The highest BCUT2D eigenvalue weighted by Crippen LogP contribution is 2.28. The molecule has 5 nitrogen and oxygen atoms in total. The van der Waals surface area contributed by atoms with E-state index in [4.69, 9.17) is 9.15 Å². The maximum absolute atomic E-state index is 13.7. The van der Waals surface area contributed by atoms with Gasteiger partial charge in [0.25, 0.3) is 5.91 Å². The molecule has 1 heterocycles. The van der Waals surface area contributed by atoms with E-state index in [0.29, 0.717) is 11.1 Å². The van der Waals surface area contributed by atoms with Crippen LogP contribution in [0.15, 0.2) is 45.3 Å². The summed E-state index contributed by atoms with van der Waals surface area (Å²) in [6.45, 7) is 2.92. The minimum Gasteiger partial charge on any atom is -0.450 e. The number of fused-ring (bicyclic) bond motifs is 1. The molecule has 26 heavy (non-hydrogen) atoms. The van der Waals surface area contributed by atoms with Gasteiger partial charge >= 0.3 is 5.97 Å². The molecule has 0 radical (unpaired) electrons. The summed E-state index contributed by atoms with van der Waals surface area (Å²) in [5.74, 6) is -1.91. The van der Waals surface area contributed by atoms with Crippen molar-refractivity contribution in [3.05, 3.63) is 63.6 Å². The van der Waals surface area contributed by atoms with Gasteiger partial charge in [0.05, 0.1) is 5.69 Å². The van der Waals surface area contributed by atoms with Crippen LogP contribution in [0.3, 0.4) is 0 Å². The second-order valence-electron chi connectivity index (χ2n) is 5.80. The average Bonchev–Trinajstić information content (AvgIpc) is 2.92. The van der Waals surface area contributed by atoms with Crippen LogP contribution in [-0.4, -0.2) is 18.5 Å². The topological polar surface area (TPSA) is 68.5 Å². The third-order valence-electron chi connectivity index (χ3n) is 3.82. The van der Waals surface area contributed by atoms with Crippen molar-refractivity contribution in [1.82, 2.24) is 0 Å². The molecule has 2 aromatic carbocycles. The number of nitrogens with one attached hydrogen (secondary N) is 1. The Kier molecular flexibility index (Phi) is 5.08. The van der Waals surface area contributed by atoms with Gasteiger partial charge in [-0.15, -0.1) is 0 Å². The molecule has 134 valence electrons. The van der Waals surface area contributed by atoms with Crippen molar-refractivity contribution in [1.29, 1.82) is 0 Å². The molecule has 0 aliphatic carbocycles. The van der Waals surface area contributed by atoms with Crippen LogP contribution in [-0.2, 0) is 9.53 Å². The zero-order chi connectivity index (χ0) is 18.8. The van der Waals surface area contributed by atoms with Crippen LogP contribution in [0.4, 0.5) is 10.1 Å². The minimum atomic E-state index is -0.755. The number of rotatable bonds is 4. The number of benzene rings is 2. The van der Waals surface area contributed by atoms with Gasteiger partial charge in [-0.3, -0.25) is 4.79 Å². The molecule has 1 amide bonds. The summed E-state index contributed by atoms with van der Waals surface area (Å²) >= 11 is 3.36. The van der Waals surface area contributed by atoms with Crippen molar-refractivity contribution >= 4 is 44.5 Å². The quantitative estimate of drug-likeness (QED) is 0.619. The lowest BCUT2D eigenvalue weighted by Crippen LogP contribution is -2.21. The number of hydrogen-bond acceptors (Lipinski definition) is 4. The lowest BCUT2D eigenvalue weighted by atomic mass is 10.1. The van der Waals surface area contributed by atoms with Crippen LogP contribution in [0.2, 0.25) is 0 Å². The molecule has 0 saturated carbocycles. The second-order valence-corrected chi connectivity index (χ2v) is 6.72. The number of ether oxygens (including phenoxy) is 1. The van der Waals surface area contributed by atoms with Crippen LogP contribution in [0.25, 0.3) is 11.0 Å². The average molecular weight is 420 g/mol. The van der Waals surface area contributed by atoms with Crippen molar-refractivity contribution in [2.24, 2.45) is 0 Å². The number of carbonyl (C=O) groups excluding carboxylic acids is 2. The van der Waals surface area contributed by atoms with Gasteiger partial charge in [0.2, 0.25) is 5.76 Å². The van der Waals surface area contributed by atoms with Crippen molar-refractivity contribution in [3.63, 3.8) is 0 Å². The Labute approximate surface area is 157 Å². The molecule has 0 saturated heterocycles. The van der Waals surface area contributed by atoms with Gasteiger partial charge in [-0.2, -0.15) is 0 Å². The first kappa shape index (κ1) is 18.1. The zero-order valence-electron chi connectivity index (χ0n) is 14.1. The molecule has 0 aliphatic heterocycles. The van der Waals surface area contributed by atoms with Gasteiger partial charge < -0.3 is 14.5 Å². The molecule has 3 aromatic rings. The highest BCUT2D eigenvalue weighted by molar-refractivity contribution is 9.10. The number of furan rings is 1. The summed E-state index contributed by atoms with van der Waals surface area (Å²) in [4.78, 5) is 24.1. The van der Waals surface area contributed by atoms with Crippen LogP contribution in [0.1, 0.15) is 21.7 Å². The van der Waals surface area contributed by atoms with Crippen LogP contribution in [0.5, 0.6) is 0 Å². The molecule has 7 heteroatoms. The van der Waals surface area contributed by atoms with E-state index in [1.54, 1.807) is 32.0 Å². The Hall–Kier alpha value is -2.67. The van der Waals surface area contributed by atoms with Crippen LogP contribution < -0.4 is 5.32 Å². The summed E-state index contributed by atoms with van der Waals surface area (Å²) in [7, 11) is 0. The standard InChI is InChI=1S/C19H15BrFNO4/c1-10-3-5-15(14(21)7-10)22-17(23)9-25-19(24)18-11(2)13-8-12(20)4-6-16(13)26-18/h3-8H,9H2,1-2H3,(H,22,23). The summed E-state index contributed by atoms with van der Waals surface area (Å²) in [6, 6.07) is 9.78. The predicted molar refractivity (Wildman–Crippen MR) is 98.7 cm³/mol. The summed E-state index contributed by atoms with van der Waals surface area (Å²) < 4.78 is 25.1. The molecule has 0 bridgehead atoms. The van der Waals surface area contributed by atoms with Gasteiger partial charge in [0.15, 0.2) is 6.61 Å². The first-order chi connectivity index (χ1) is 12.3. The SMILES string of the molecule is Cc1ccc(NC(=O)COC(=O)c2oc3ccc(Br)cc3c2C)c(F)c1. The molecule has 0 aliphatic rings. The minimum absolute atomic E-state index is 0.0291. The number of anilines is 1. The second kappa shape index (κ2) is 7.29. The van der Waals surface area contributed by atoms with E-state index in [-0.39, 0.29) is 11.4 Å². The summed E-state index contributed by atoms with van der Waals surface area (Å²) in [6.07, 6.45) is 0. The molecular formula is C19H15BrFNO4. The van der Waals surface area contributed by atoms with E-state index >= 15 is 0 Å². The number of aryl methyl sites for hydroxylation is 2. The molecule has 0 fully saturated rings. The lowest BCUT2D eigenvalue weighted by Gasteiger charge is -2.07. The molecule has 1 N–H and O–H groups in total. The summed E-state index contributed by atoms with van der Waals surface area (Å²) in [5.41, 5.74) is 1.93. The molecular weight excluding hydrogens is 405 g/mol. The van der Waals surface area contributed by atoms with Crippen molar-refractivity contribution in [3.8, 4) is 0 Å². The predicted octanol–water partition coefficient (Wildman–Crippen LogP) is 4.75. The Bertz CT molecular complexity index is 1010. The first-order valence-electron chi connectivity index (χ1n) is 7.77. The number of halogens is 2. The van der Waals surface area contributed by atoms with E-state index in [9.17, 15) is 14.0 Å². The van der Waals surface area contributed by atoms with Crippen LogP contribution in [0, 0.1) is 19.7 Å². The molecule has 1 aromatic heterocycles. The third kappa shape index (κ3) is 3.77. The van der Waals surface area contributed by atoms with Gasteiger partial charge in [0, 0.05) is 15.4 Å². The molecule has 0 atom stereocenters. The highest BCUT2D eigenvalue weighted by Gasteiger charge is 2.20. The van der Waals surface area contributed by atoms with Gasteiger partial charge in [0.1, 0.15) is 11.4 Å². The Morgan fingerprint density at radius 2 is 1.96 bits per heavy atom. The maximum atomic E-state index is 13.7. The number of esters is 1. The van der Waals surface area contributed by atoms with Crippen molar-refractivity contribution < 1.29 is 23.1 Å². The number of amides is 1. The number of hydrogen-bond donors (Lipinski definition) is 1. The van der Waals surface area contributed by atoms with Gasteiger partial charge in [-0.25, -0.2) is 9.18 Å². The summed E-state index contributed by atoms with van der Waals surface area (Å²) in [5, 5.41) is 3.14. The Morgan fingerprint density at radius 3 is 2.69 bits per heavy atom. The molecule has 0 unspecified atom stereocenters. The zero-order valence-corrected chi connectivity index (χ0v) is 15.6. The number of carbonyl (C=O) groups is 2. The van der Waals surface area contributed by atoms with E-state index in [1.807, 2.05) is 6.07 Å². The van der Waals surface area contributed by atoms with Gasteiger partial charge in [-0.05, 0) is 49.7 Å².